The third-order valence-electron chi connectivity index (χ3n) is 1.70. The van der Waals surface area contributed by atoms with E-state index in [1.54, 1.807) is 24.0 Å². The summed E-state index contributed by atoms with van der Waals surface area (Å²) in [5, 5.41) is 2.84. The van der Waals surface area contributed by atoms with Crippen LogP contribution in [0, 0.1) is 0 Å². The number of carbonyl (C=O) groups excluding carboxylic acids is 1. The van der Waals surface area contributed by atoms with Gasteiger partial charge in [0.25, 0.3) is 5.91 Å². The van der Waals surface area contributed by atoms with Gasteiger partial charge in [-0.05, 0) is 40.4 Å². The largest absolute Gasteiger partial charge is 0.356 e. The van der Waals surface area contributed by atoms with Crippen molar-refractivity contribution in [2.24, 2.45) is 0 Å². The van der Waals surface area contributed by atoms with E-state index in [4.69, 9.17) is 0 Å². The van der Waals surface area contributed by atoms with E-state index in [1.165, 1.54) is 0 Å². The average molecular weight is 277 g/mol. The molecule has 0 spiro atoms. The maximum atomic E-state index is 11.5. The first kappa shape index (κ1) is 11.7. The van der Waals surface area contributed by atoms with Gasteiger partial charge in [0.05, 0.1) is 0 Å². The Morgan fingerprint density at radius 3 is 3.07 bits per heavy atom. The van der Waals surface area contributed by atoms with Crippen LogP contribution in [-0.2, 0) is 0 Å². The van der Waals surface area contributed by atoms with Crippen molar-refractivity contribution >= 4 is 33.6 Å². The number of thioether (sulfide) groups is 1. The molecule has 0 aliphatic carbocycles. The summed E-state index contributed by atoms with van der Waals surface area (Å²) in [6.45, 7) is 0.732. The molecule has 1 rings (SSSR count). The lowest BCUT2D eigenvalue weighted by Gasteiger charge is -2.01. The van der Waals surface area contributed by atoms with Crippen molar-refractivity contribution in [3.63, 3.8) is 0 Å². The normalized spacial score (nSPS) is 10.1. The number of hydrogen-bond donors (Lipinski definition) is 2. The summed E-state index contributed by atoms with van der Waals surface area (Å²) in [6.07, 6.45) is 4.81. The number of hydrogen-bond acceptors (Lipinski definition) is 2. The van der Waals surface area contributed by atoms with Crippen molar-refractivity contribution < 1.29 is 4.79 Å². The summed E-state index contributed by atoms with van der Waals surface area (Å²) in [6, 6.07) is 1.77. The lowest BCUT2D eigenvalue weighted by Crippen LogP contribution is -2.24. The molecule has 14 heavy (non-hydrogen) atoms. The monoisotopic (exact) mass is 276 g/mol. The molecule has 0 aliphatic rings. The summed E-state index contributed by atoms with van der Waals surface area (Å²) < 4.78 is 0.895. The van der Waals surface area contributed by atoms with Crippen molar-refractivity contribution in [3.8, 4) is 0 Å². The van der Waals surface area contributed by atoms with Gasteiger partial charge in [0.1, 0.15) is 5.69 Å². The molecule has 0 aromatic carbocycles. The van der Waals surface area contributed by atoms with Crippen LogP contribution >= 0.6 is 27.7 Å². The van der Waals surface area contributed by atoms with Crippen molar-refractivity contribution in [2.45, 2.75) is 6.42 Å². The van der Waals surface area contributed by atoms with Crippen LogP contribution in [0.4, 0.5) is 0 Å². The molecule has 0 bridgehead atoms. The Kier molecular flexibility index (Phi) is 5.11. The Morgan fingerprint density at radius 2 is 2.50 bits per heavy atom. The molecule has 1 aromatic rings. The van der Waals surface area contributed by atoms with Gasteiger partial charge in [0.2, 0.25) is 0 Å². The van der Waals surface area contributed by atoms with Gasteiger partial charge in [-0.3, -0.25) is 4.79 Å². The highest BCUT2D eigenvalue weighted by atomic mass is 79.9. The molecule has 1 heterocycles. The van der Waals surface area contributed by atoms with Gasteiger partial charge in [0, 0.05) is 17.2 Å². The number of aromatic amines is 1. The van der Waals surface area contributed by atoms with E-state index >= 15 is 0 Å². The SMILES string of the molecule is CSCCCNC(=O)c1cc(Br)c[nH]1. The Morgan fingerprint density at radius 1 is 1.71 bits per heavy atom. The first-order chi connectivity index (χ1) is 6.74. The summed E-state index contributed by atoms with van der Waals surface area (Å²) >= 11 is 5.07. The second-order valence-corrected chi connectivity index (χ2v) is 4.74. The highest BCUT2D eigenvalue weighted by Gasteiger charge is 2.05. The van der Waals surface area contributed by atoms with Crippen LogP contribution in [0.25, 0.3) is 0 Å². The summed E-state index contributed by atoms with van der Waals surface area (Å²) in [5.74, 6) is 1.03. The van der Waals surface area contributed by atoms with Crippen LogP contribution < -0.4 is 5.32 Å². The first-order valence-electron chi connectivity index (χ1n) is 4.35. The molecule has 1 amide bonds. The number of rotatable bonds is 5. The topological polar surface area (TPSA) is 44.9 Å². The second-order valence-electron chi connectivity index (χ2n) is 2.83. The van der Waals surface area contributed by atoms with Crippen LogP contribution in [0.15, 0.2) is 16.7 Å². The number of amides is 1. The van der Waals surface area contributed by atoms with E-state index in [-0.39, 0.29) is 5.91 Å². The van der Waals surface area contributed by atoms with Crippen molar-refractivity contribution in [1.29, 1.82) is 0 Å². The Labute approximate surface area is 96.2 Å². The van der Waals surface area contributed by atoms with Crippen LogP contribution in [0.1, 0.15) is 16.9 Å². The fourth-order valence-corrected chi connectivity index (χ4v) is 1.79. The molecular weight excluding hydrogens is 264 g/mol. The third kappa shape index (κ3) is 3.75. The van der Waals surface area contributed by atoms with Gasteiger partial charge in [0.15, 0.2) is 0 Å². The highest BCUT2D eigenvalue weighted by molar-refractivity contribution is 9.10. The van der Waals surface area contributed by atoms with E-state index in [0.717, 1.165) is 23.2 Å². The quantitative estimate of drug-likeness (QED) is 0.811. The van der Waals surface area contributed by atoms with Gasteiger partial charge >= 0.3 is 0 Å². The number of carbonyl (C=O) groups is 1. The number of halogens is 1. The molecule has 3 nitrogen and oxygen atoms in total. The van der Waals surface area contributed by atoms with Gasteiger partial charge in [-0.2, -0.15) is 11.8 Å². The minimum Gasteiger partial charge on any atom is -0.356 e. The highest BCUT2D eigenvalue weighted by Crippen LogP contribution is 2.10. The molecule has 0 atom stereocenters. The Bertz CT molecular complexity index is 301. The number of nitrogens with one attached hydrogen (secondary N) is 2. The molecule has 0 unspecified atom stereocenters. The first-order valence-corrected chi connectivity index (χ1v) is 6.54. The van der Waals surface area contributed by atoms with Gasteiger partial charge < -0.3 is 10.3 Å². The van der Waals surface area contributed by atoms with Gasteiger partial charge in [-0.1, -0.05) is 0 Å². The minimum absolute atomic E-state index is 0.0446. The second kappa shape index (κ2) is 6.14. The predicted octanol–water partition coefficient (Wildman–Crippen LogP) is 2.26. The fraction of sp³-hybridized carbons (Fsp3) is 0.444. The summed E-state index contributed by atoms with van der Waals surface area (Å²) in [7, 11) is 0. The predicted molar refractivity (Wildman–Crippen MR) is 63.8 cm³/mol. The van der Waals surface area contributed by atoms with E-state index in [1.807, 2.05) is 0 Å². The van der Waals surface area contributed by atoms with Gasteiger partial charge in [-0.25, -0.2) is 0 Å². The lowest BCUT2D eigenvalue weighted by molar-refractivity contribution is 0.0949. The zero-order chi connectivity index (χ0) is 10.4. The molecule has 0 radical (unpaired) electrons. The maximum absolute atomic E-state index is 11.5. The van der Waals surface area contributed by atoms with E-state index in [9.17, 15) is 4.79 Å². The Hall–Kier alpha value is -0.420. The average Bonchev–Trinajstić information content (AvgIpc) is 2.59. The number of H-pyrrole nitrogens is 1. The fourth-order valence-electron chi connectivity index (χ4n) is 1.01. The lowest BCUT2D eigenvalue weighted by atomic mass is 10.4. The van der Waals surface area contributed by atoms with E-state index < -0.39 is 0 Å². The van der Waals surface area contributed by atoms with Crippen molar-refractivity contribution in [3.05, 3.63) is 22.4 Å². The molecule has 0 fully saturated rings. The van der Waals surface area contributed by atoms with Crippen LogP contribution in [0.2, 0.25) is 0 Å². The zero-order valence-corrected chi connectivity index (χ0v) is 10.4. The van der Waals surface area contributed by atoms with Crippen LogP contribution in [-0.4, -0.2) is 29.4 Å². The molecule has 0 saturated carbocycles. The zero-order valence-electron chi connectivity index (χ0n) is 7.97. The molecule has 78 valence electrons. The van der Waals surface area contributed by atoms with Crippen LogP contribution in [0.3, 0.4) is 0 Å². The van der Waals surface area contributed by atoms with Crippen LogP contribution in [0.5, 0.6) is 0 Å². The minimum atomic E-state index is -0.0446. The molecule has 2 N–H and O–H groups in total. The van der Waals surface area contributed by atoms with E-state index in [2.05, 4.69) is 32.5 Å². The van der Waals surface area contributed by atoms with Crippen molar-refractivity contribution in [1.82, 2.24) is 10.3 Å². The van der Waals surface area contributed by atoms with Gasteiger partial charge in [-0.15, -0.1) is 0 Å². The Balaban J connectivity index is 2.29. The standard InChI is InChI=1S/C9H13BrN2OS/c1-14-4-2-3-11-9(13)8-5-7(10)6-12-8/h5-6,12H,2-4H2,1H3,(H,11,13). The number of aromatic nitrogens is 1. The summed E-state index contributed by atoms with van der Waals surface area (Å²) in [5.41, 5.74) is 0.598. The van der Waals surface area contributed by atoms with Crippen molar-refractivity contribution in [2.75, 3.05) is 18.6 Å². The third-order valence-corrected chi connectivity index (χ3v) is 2.86. The molecule has 1 aromatic heterocycles. The van der Waals surface area contributed by atoms with E-state index in [0.29, 0.717) is 5.69 Å². The molecule has 5 heteroatoms. The maximum Gasteiger partial charge on any atom is 0.267 e. The smallest absolute Gasteiger partial charge is 0.267 e. The summed E-state index contributed by atoms with van der Waals surface area (Å²) in [4.78, 5) is 14.3. The molecular formula is C9H13BrN2OS. The molecule has 0 aliphatic heterocycles. The molecule has 0 saturated heterocycles.